The highest BCUT2D eigenvalue weighted by Crippen LogP contribution is 2.35. The molecule has 0 atom stereocenters. The standard InChI is InChI=1S/C26H19FN4O3/c1-33-18-6-4-5-17(11-18)30-26-29-14-16-13-28-25(21-7-2-3-8-23(21)27)22-12-19(34-15-32)9-10-20(22)24(16)31-26/h2-12,14-15H,13H2,1H3,(H,29,30,31). The maximum Gasteiger partial charge on any atom is 0.298 e. The lowest BCUT2D eigenvalue weighted by molar-refractivity contribution is -0.120. The minimum Gasteiger partial charge on any atom is -0.497 e. The molecule has 0 aliphatic carbocycles. The highest BCUT2D eigenvalue weighted by atomic mass is 19.1. The molecule has 0 spiro atoms. The number of fused-ring (bicyclic) bond motifs is 3. The maximum absolute atomic E-state index is 14.7. The van der Waals surface area contributed by atoms with Crippen molar-refractivity contribution in [2.45, 2.75) is 6.54 Å². The lowest BCUT2D eigenvalue weighted by atomic mass is 9.95. The number of rotatable bonds is 6. The smallest absolute Gasteiger partial charge is 0.298 e. The molecule has 1 aromatic heterocycles. The second kappa shape index (κ2) is 9.11. The molecule has 0 fully saturated rings. The van der Waals surface area contributed by atoms with E-state index in [0.717, 1.165) is 16.8 Å². The van der Waals surface area contributed by atoms with Crippen LogP contribution in [0.25, 0.3) is 11.3 Å². The van der Waals surface area contributed by atoms with E-state index in [-0.39, 0.29) is 6.54 Å². The fourth-order valence-electron chi connectivity index (χ4n) is 3.83. The average Bonchev–Trinajstić information content (AvgIpc) is 3.01. The van der Waals surface area contributed by atoms with Crippen molar-refractivity contribution in [3.05, 3.63) is 95.4 Å². The molecule has 5 rings (SSSR count). The van der Waals surface area contributed by atoms with Gasteiger partial charge in [0.15, 0.2) is 0 Å². The number of aromatic nitrogens is 2. The third-order valence-electron chi connectivity index (χ3n) is 5.41. The number of halogens is 1. The van der Waals surface area contributed by atoms with Crippen molar-refractivity contribution in [2.24, 2.45) is 4.99 Å². The Morgan fingerprint density at radius 3 is 2.68 bits per heavy atom. The zero-order valence-electron chi connectivity index (χ0n) is 18.2. The second-order valence-electron chi connectivity index (χ2n) is 7.49. The molecule has 4 aromatic rings. The molecule has 0 saturated carbocycles. The first kappa shape index (κ1) is 21.3. The summed E-state index contributed by atoms with van der Waals surface area (Å²) in [5.74, 6) is 1.02. The van der Waals surface area contributed by atoms with Crippen LogP contribution >= 0.6 is 0 Å². The zero-order chi connectivity index (χ0) is 23.5. The molecular formula is C26H19FN4O3. The lowest BCUT2D eigenvalue weighted by Gasteiger charge is -2.14. The van der Waals surface area contributed by atoms with Crippen LogP contribution in [0.1, 0.15) is 16.7 Å². The molecule has 7 nitrogen and oxygen atoms in total. The van der Waals surface area contributed by atoms with Crippen LogP contribution in [-0.2, 0) is 11.3 Å². The van der Waals surface area contributed by atoms with E-state index in [4.69, 9.17) is 19.5 Å². The molecular weight excluding hydrogens is 435 g/mol. The number of hydrogen-bond acceptors (Lipinski definition) is 7. The van der Waals surface area contributed by atoms with Crippen LogP contribution in [-0.4, -0.2) is 29.3 Å². The summed E-state index contributed by atoms with van der Waals surface area (Å²) in [6, 6.07) is 19.0. The molecule has 0 amide bonds. The summed E-state index contributed by atoms with van der Waals surface area (Å²) in [6.07, 6.45) is 1.71. The van der Waals surface area contributed by atoms with Crippen LogP contribution in [0.2, 0.25) is 0 Å². The molecule has 1 N–H and O–H groups in total. The number of nitrogens with one attached hydrogen (secondary N) is 1. The molecule has 2 heterocycles. The first-order valence-electron chi connectivity index (χ1n) is 10.5. The fourth-order valence-corrected chi connectivity index (χ4v) is 3.83. The lowest BCUT2D eigenvalue weighted by Crippen LogP contribution is -2.08. The van der Waals surface area contributed by atoms with E-state index in [1.165, 1.54) is 6.07 Å². The molecule has 1 aliphatic heterocycles. The van der Waals surface area contributed by atoms with E-state index >= 15 is 0 Å². The number of anilines is 2. The number of benzene rings is 3. The maximum atomic E-state index is 14.7. The quantitative estimate of drug-likeness (QED) is 0.416. The third kappa shape index (κ3) is 4.09. The zero-order valence-corrected chi connectivity index (χ0v) is 18.2. The first-order valence-corrected chi connectivity index (χ1v) is 10.5. The van der Waals surface area contributed by atoms with Gasteiger partial charge in [0.05, 0.1) is 25.1 Å². The molecule has 1 aliphatic rings. The summed E-state index contributed by atoms with van der Waals surface area (Å²) < 4.78 is 25.1. The van der Waals surface area contributed by atoms with Crippen molar-refractivity contribution in [1.82, 2.24) is 9.97 Å². The number of aliphatic imine (C=N–C) groups is 1. The van der Waals surface area contributed by atoms with Crippen molar-refractivity contribution in [3.8, 4) is 22.8 Å². The van der Waals surface area contributed by atoms with E-state index in [1.54, 1.807) is 49.7 Å². The van der Waals surface area contributed by atoms with Crippen molar-refractivity contribution in [2.75, 3.05) is 12.4 Å². The Morgan fingerprint density at radius 2 is 1.85 bits per heavy atom. The monoisotopic (exact) mass is 454 g/mol. The first-order chi connectivity index (χ1) is 16.7. The van der Waals surface area contributed by atoms with Crippen LogP contribution < -0.4 is 14.8 Å². The number of carbonyl (C=O) groups excluding carboxylic acids is 1. The summed E-state index contributed by atoms with van der Waals surface area (Å²) in [7, 11) is 1.60. The van der Waals surface area contributed by atoms with E-state index in [2.05, 4.69) is 10.3 Å². The van der Waals surface area contributed by atoms with Crippen molar-refractivity contribution in [3.63, 3.8) is 0 Å². The average molecular weight is 454 g/mol. The minimum absolute atomic E-state index is 0.261. The van der Waals surface area contributed by atoms with Gasteiger partial charge in [0.1, 0.15) is 17.3 Å². The Labute approximate surface area is 194 Å². The van der Waals surface area contributed by atoms with Gasteiger partial charge in [-0.2, -0.15) is 0 Å². The van der Waals surface area contributed by atoms with Gasteiger partial charge in [0.25, 0.3) is 6.47 Å². The Balaban J connectivity index is 1.62. The van der Waals surface area contributed by atoms with E-state index in [1.807, 2.05) is 24.3 Å². The molecule has 0 saturated heterocycles. The van der Waals surface area contributed by atoms with Gasteiger partial charge in [-0.3, -0.25) is 9.79 Å². The number of carbonyl (C=O) groups is 1. The molecule has 168 valence electrons. The van der Waals surface area contributed by atoms with Crippen LogP contribution in [0.5, 0.6) is 11.5 Å². The van der Waals surface area contributed by atoms with Gasteiger partial charge >= 0.3 is 0 Å². The van der Waals surface area contributed by atoms with Crippen LogP contribution in [0.15, 0.2) is 77.9 Å². The largest absolute Gasteiger partial charge is 0.497 e. The van der Waals surface area contributed by atoms with Crippen LogP contribution in [0.3, 0.4) is 0 Å². The number of ether oxygens (including phenoxy) is 2. The summed E-state index contributed by atoms with van der Waals surface area (Å²) >= 11 is 0. The van der Waals surface area contributed by atoms with Crippen molar-refractivity contribution in [1.29, 1.82) is 0 Å². The van der Waals surface area contributed by atoms with Crippen molar-refractivity contribution < 1.29 is 18.7 Å². The van der Waals surface area contributed by atoms with Gasteiger partial charge in [-0.05, 0) is 42.5 Å². The predicted molar refractivity (Wildman–Crippen MR) is 126 cm³/mol. The van der Waals surface area contributed by atoms with Gasteiger partial charge in [-0.15, -0.1) is 0 Å². The molecule has 8 heteroatoms. The number of hydrogen-bond donors (Lipinski definition) is 1. The van der Waals surface area contributed by atoms with Gasteiger partial charge in [-0.1, -0.05) is 18.2 Å². The highest BCUT2D eigenvalue weighted by molar-refractivity contribution is 6.17. The molecule has 3 aromatic carbocycles. The second-order valence-corrected chi connectivity index (χ2v) is 7.49. The minimum atomic E-state index is -0.397. The topological polar surface area (TPSA) is 85.7 Å². The predicted octanol–water partition coefficient (Wildman–Crippen LogP) is 4.92. The fraction of sp³-hybridized carbons (Fsp3) is 0.0769. The molecule has 34 heavy (non-hydrogen) atoms. The summed E-state index contributed by atoms with van der Waals surface area (Å²) in [6.45, 7) is 0.613. The van der Waals surface area contributed by atoms with E-state index in [0.29, 0.717) is 46.5 Å². The van der Waals surface area contributed by atoms with Gasteiger partial charge in [0.2, 0.25) is 5.95 Å². The SMILES string of the molecule is COc1cccc(Nc2ncc3c(n2)-c2ccc(OC=O)cc2C(c2ccccc2F)=NC3)c1. The van der Waals surface area contributed by atoms with Crippen LogP contribution in [0, 0.1) is 5.82 Å². The Hall–Kier alpha value is -4.59. The van der Waals surface area contributed by atoms with E-state index in [9.17, 15) is 9.18 Å². The highest BCUT2D eigenvalue weighted by Gasteiger charge is 2.23. The molecule has 0 unspecified atom stereocenters. The number of nitrogens with zero attached hydrogens (tertiary/aromatic N) is 3. The number of methoxy groups -OCH3 is 1. The Bertz CT molecular complexity index is 1420. The van der Waals surface area contributed by atoms with Gasteiger partial charge in [0, 0.05) is 40.2 Å². The normalized spacial score (nSPS) is 12.0. The molecule has 0 bridgehead atoms. The van der Waals surface area contributed by atoms with E-state index < -0.39 is 5.82 Å². The van der Waals surface area contributed by atoms with Crippen LogP contribution in [0.4, 0.5) is 16.0 Å². The molecule has 0 radical (unpaired) electrons. The summed E-state index contributed by atoms with van der Waals surface area (Å²) in [5.41, 5.74) is 4.34. The summed E-state index contributed by atoms with van der Waals surface area (Å²) in [5, 5.41) is 3.19. The Kier molecular flexibility index (Phi) is 5.70. The summed E-state index contributed by atoms with van der Waals surface area (Å²) in [4.78, 5) is 24.8. The Morgan fingerprint density at radius 1 is 0.971 bits per heavy atom. The van der Waals surface area contributed by atoms with Crippen molar-refractivity contribution >= 4 is 23.8 Å². The third-order valence-corrected chi connectivity index (χ3v) is 5.41. The van der Waals surface area contributed by atoms with Gasteiger partial charge in [-0.25, -0.2) is 14.4 Å². The van der Waals surface area contributed by atoms with Gasteiger partial charge < -0.3 is 14.8 Å².